The standard InChI is InChI=1S/C16H18F2N4O4/c1-10-15(22(24)25)11(2)21(19-10)9-14(23)20(3)8-12-4-6-13(7-5-12)26-16(17)18/h4-7,16H,8-9H2,1-3H3. The third-order valence-corrected chi connectivity index (χ3v) is 3.80. The molecule has 140 valence electrons. The number of carbonyl (C=O) groups is 1. The molecule has 26 heavy (non-hydrogen) atoms. The largest absolute Gasteiger partial charge is 0.435 e. The van der Waals surface area contributed by atoms with Gasteiger partial charge in [-0.2, -0.15) is 13.9 Å². The van der Waals surface area contributed by atoms with Gasteiger partial charge in [0.15, 0.2) is 0 Å². The van der Waals surface area contributed by atoms with Crippen LogP contribution >= 0.6 is 0 Å². The van der Waals surface area contributed by atoms with Gasteiger partial charge in [0.05, 0.1) is 4.92 Å². The van der Waals surface area contributed by atoms with Crippen molar-refractivity contribution < 1.29 is 23.2 Å². The van der Waals surface area contributed by atoms with Crippen molar-refractivity contribution in [1.29, 1.82) is 0 Å². The Labute approximate surface area is 148 Å². The monoisotopic (exact) mass is 368 g/mol. The highest BCUT2D eigenvalue weighted by Gasteiger charge is 2.23. The van der Waals surface area contributed by atoms with E-state index in [4.69, 9.17) is 0 Å². The lowest BCUT2D eigenvalue weighted by Gasteiger charge is -2.18. The van der Waals surface area contributed by atoms with Crippen LogP contribution in [0.2, 0.25) is 0 Å². The Morgan fingerprint density at radius 1 is 1.35 bits per heavy atom. The molecule has 0 saturated carbocycles. The fourth-order valence-electron chi connectivity index (χ4n) is 2.49. The fourth-order valence-corrected chi connectivity index (χ4v) is 2.49. The van der Waals surface area contributed by atoms with Gasteiger partial charge in [0.1, 0.15) is 23.7 Å². The molecule has 1 heterocycles. The van der Waals surface area contributed by atoms with Gasteiger partial charge in [-0.1, -0.05) is 12.1 Å². The molecule has 1 aromatic carbocycles. The van der Waals surface area contributed by atoms with E-state index in [9.17, 15) is 23.7 Å². The molecule has 0 bridgehead atoms. The van der Waals surface area contributed by atoms with Crippen molar-refractivity contribution in [3.05, 3.63) is 51.3 Å². The quantitative estimate of drug-likeness (QED) is 0.554. The van der Waals surface area contributed by atoms with Crippen LogP contribution in [-0.4, -0.2) is 39.2 Å². The van der Waals surface area contributed by atoms with Crippen LogP contribution in [0.3, 0.4) is 0 Å². The highest BCUT2D eigenvalue weighted by molar-refractivity contribution is 5.75. The second-order valence-corrected chi connectivity index (χ2v) is 5.71. The number of rotatable bonds is 7. The normalized spacial score (nSPS) is 10.8. The molecule has 2 rings (SSSR count). The van der Waals surface area contributed by atoms with Crippen LogP contribution in [0.25, 0.3) is 0 Å². The minimum absolute atomic E-state index is 0.0349. The lowest BCUT2D eigenvalue weighted by molar-refractivity contribution is -0.386. The number of hydrogen-bond donors (Lipinski definition) is 0. The lowest BCUT2D eigenvalue weighted by Crippen LogP contribution is -2.30. The second kappa shape index (κ2) is 7.89. The maximum absolute atomic E-state index is 12.3. The van der Waals surface area contributed by atoms with Crippen molar-refractivity contribution >= 4 is 11.6 Å². The Kier molecular flexibility index (Phi) is 5.86. The fraction of sp³-hybridized carbons (Fsp3) is 0.375. The summed E-state index contributed by atoms with van der Waals surface area (Å²) in [6, 6.07) is 5.94. The number of benzene rings is 1. The summed E-state index contributed by atoms with van der Waals surface area (Å²) >= 11 is 0. The molecular weight excluding hydrogens is 350 g/mol. The topological polar surface area (TPSA) is 90.5 Å². The number of amides is 1. The van der Waals surface area contributed by atoms with Gasteiger partial charge in [-0.3, -0.25) is 19.6 Å². The molecule has 0 N–H and O–H groups in total. The van der Waals surface area contributed by atoms with Crippen LogP contribution < -0.4 is 4.74 Å². The summed E-state index contributed by atoms with van der Waals surface area (Å²) < 4.78 is 29.8. The zero-order valence-electron chi connectivity index (χ0n) is 14.5. The summed E-state index contributed by atoms with van der Waals surface area (Å²) in [4.78, 5) is 24.3. The molecule has 2 aromatic rings. The number of nitrogens with zero attached hydrogens (tertiary/aromatic N) is 4. The number of aryl methyl sites for hydroxylation is 1. The number of nitro groups is 1. The average Bonchev–Trinajstić information content (AvgIpc) is 2.82. The van der Waals surface area contributed by atoms with Gasteiger partial charge in [0.2, 0.25) is 5.91 Å². The van der Waals surface area contributed by atoms with E-state index in [1.807, 2.05) is 0 Å². The molecule has 1 aromatic heterocycles. The Morgan fingerprint density at radius 2 is 1.96 bits per heavy atom. The second-order valence-electron chi connectivity index (χ2n) is 5.71. The zero-order chi connectivity index (χ0) is 19.4. The predicted octanol–water partition coefficient (Wildman–Crippen LogP) is 2.67. The minimum atomic E-state index is -2.89. The van der Waals surface area contributed by atoms with Gasteiger partial charge in [-0.15, -0.1) is 0 Å². The summed E-state index contributed by atoms with van der Waals surface area (Å²) in [5.41, 5.74) is 1.18. The van der Waals surface area contributed by atoms with Crippen LogP contribution in [0.15, 0.2) is 24.3 Å². The van der Waals surface area contributed by atoms with Crippen molar-refractivity contribution in [1.82, 2.24) is 14.7 Å². The van der Waals surface area contributed by atoms with Crippen molar-refractivity contribution in [2.75, 3.05) is 7.05 Å². The summed E-state index contributed by atoms with van der Waals surface area (Å²) in [6.07, 6.45) is 0. The van der Waals surface area contributed by atoms with Crippen LogP contribution in [-0.2, 0) is 17.9 Å². The molecule has 0 aliphatic heterocycles. The van der Waals surface area contributed by atoms with Crippen LogP contribution in [0.5, 0.6) is 5.75 Å². The summed E-state index contributed by atoms with van der Waals surface area (Å²) in [5.74, 6) is -0.258. The van der Waals surface area contributed by atoms with E-state index in [2.05, 4.69) is 9.84 Å². The number of aromatic nitrogens is 2. The van der Waals surface area contributed by atoms with Gasteiger partial charge < -0.3 is 9.64 Å². The number of likely N-dealkylation sites (N-methyl/N-ethyl adjacent to an activating group) is 1. The summed E-state index contributed by atoms with van der Waals surface area (Å²) in [6.45, 7) is 0.264. The molecule has 10 heteroatoms. The van der Waals surface area contributed by atoms with E-state index in [0.29, 0.717) is 5.69 Å². The van der Waals surface area contributed by atoms with Gasteiger partial charge in [-0.05, 0) is 31.5 Å². The molecule has 0 aliphatic carbocycles. The van der Waals surface area contributed by atoms with Gasteiger partial charge >= 0.3 is 12.3 Å². The first-order chi connectivity index (χ1) is 12.2. The molecule has 0 spiro atoms. The van der Waals surface area contributed by atoms with Crippen LogP contribution in [0.4, 0.5) is 14.5 Å². The molecular formula is C16H18F2N4O4. The first-order valence-corrected chi connectivity index (χ1v) is 7.65. The molecule has 0 fully saturated rings. The maximum atomic E-state index is 12.3. The van der Waals surface area contributed by atoms with Crippen LogP contribution in [0, 0.1) is 24.0 Å². The van der Waals surface area contributed by atoms with Crippen molar-refractivity contribution in [2.24, 2.45) is 0 Å². The van der Waals surface area contributed by atoms with Gasteiger partial charge in [0, 0.05) is 13.6 Å². The zero-order valence-corrected chi connectivity index (χ0v) is 14.5. The highest BCUT2D eigenvalue weighted by Crippen LogP contribution is 2.22. The Balaban J connectivity index is 2.02. The van der Waals surface area contributed by atoms with E-state index >= 15 is 0 Å². The average molecular weight is 368 g/mol. The minimum Gasteiger partial charge on any atom is -0.435 e. The molecule has 0 atom stereocenters. The molecule has 0 saturated heterocycles. The molecule has 0 unspecified atom stereocenters. The summed E-state index contributed by atoms with van der Waals surface area (Å²) in [7, 11) is 1.58. The number of carbonyl (C=O) groups excluding carboxylic acids is 1. The van der Waals surface area contributed by atoms with E-state index in [-0.39, 0.29) is 36.1 Å². The number of ether oxygens (including phenoxy) is 1. The number of alkyl halides is 2. The van der Waals surface area contributed by atoms with Crippen molar-refractivity contribution in [2.45, 2.75) is 33.5 Å². The first kappa shape index (κ1) is 19.3. The molecule has 8 nitrogen and oxygen atoms in total. The molecule has 0 radical (unpaired) electrons. The van der Waals surface area contributed by atoms with E-state index < -0.39 is 11.5 Å². The van der Waals surface area contributed by atoms with E-state index in [1.165, 1.54) is 35.6 Å². The molecule has 1 amide bonds. The van der Waals surface area contributed by atoms with E-state index in [0.717, 1.165) is 5.56 Å². The van der Waals surface area contributed by atoms with Gasteiger partial charge in [-0.25, -0.2) is 0 Å². The first-order valence-electron chi connectivity index (χ1n) is 7.65. The van der Waals surface area contributed by atoms with Crippen molar-refractivity contribution in [3.8, 4) is 5.75 Å². The highest BCUT2D eigenvalue weighted by atomic mass is 19.3. The predicted molar refractivity (Wildman–Crippen MR) is 87.9 cm³/mol. The smallest absolute Gasteiger partial charge is 0.387 e. The maximum Gasteiger partial charge on any atom is 0.387 e. The Bertz CT molecular complexity index is 805. The van der Waals surface area contributed by atoms with E-state index in [1.54, 1.807) is 19.2 Å². The Morgan fingerprint density at radius 3 is 2.46 bits per heavy atom. The van der Waals surface area contributed by atoms with Crippen molar-refractivity contribution in [3.63, 3.8) is 0 Å². The third kappa shape index (κ3) is 4.52. The number of hydrogen-bond acceptors (Lipinski definition) is 5. The third-order valence-electron chi connectivity index (χ3n) is 3.80. The Hall–Kier alpha value is -3.04. The van der Waals surface area contributed by atoms with Crippen LogP contribution in [0.1, 0.15) is 17.0 Å². The number of halogens is 2. The molecule has 0 aliphatic rings. The SMILES string of the molecule is Cc1nn(CC(=O)N(C)Cc2ccc(OC(F)F)cc2)c(C)c1[N+](=O)[O-]. The summed E-state index contributed by atoms with van der Waals surface area (Å²) in [5, 5.41) is 15.1. The lowest BCUT2D eigenvalue weighted by atomic mass is 10.2. The van der Waals surface area contributed by atoms with Gasteiger partial charge in [0.25, 0.3) is 0 Å².